The summed E-state index contributed by atoms with van der Waals surface area (Å²) in [6.07, 6.45) is 1.96. The maximum Gasteiger partial charge on any atom is 0.309 e. The molecule has 0 unspecified atom stereocenters. The molecule has 5 nitrogen and oxygen atoms in total. The summed E-state index contributed by atoms with van der Waals surface area (Å²) in [7, 11) is 0. The van der Waals surface area contributed by atoms with Crippen molar-refractivity contribution in [1.29, 1.82) is 0 Å². The number of hydrogen-bond acceptors (Lipinski definition) is 4. The van der Waals surface area contributed by atoms with Gasteiger partial charge in [0.15, 0.2) is 0 Å². The van der Waals surface area contributed by atoms with E-state index in [0.717, 1.165) is 17.7 Å². The first kappa shape index (κ1) is 14.0. The molecule has 0 aromatic carbocycles. The van der Waals surface area contributed by atoms with E-state index in [9.17, 15) is 14.7 Å². The molecule has 1 aromatic heterocycles. The summed E-state index contributed by atoms with van der Waals surface area (Å²) in [5, 5.41) is 17.0. The summed E-state index contributed by atoms with van der Waals surface area (Å²) < 4.78 is 0. The van der Waals surface area contributed by atoms with E-state index in [-0.39, 0.29) is 12.5 Å². The Hall–Kier alpha value is -1.40. The lowest BCUT2D eigenvalue weighted by Gasteiger charge is -2.22. The van der Waals surface area contributed by atoms with Gasteiger partial charge in [-0.1, -0.05) is 6.07 Å². The highest BCUT2D eigenvalue weighted by Gasteiger charge is 2.40. The van der Waals surface area contributed by atoms with Crippen molar-refractivity contribution in [3.63, 3.8) is 0 Å². The number of carbonyl (C=O) groups excluding carboxylic acids is 2. The molecule has 1 heterocycles. The number of aliphatic hydroxyl groups is 1. The number of nitrogens with one attached hydrogen (secondary N) is 2. The van der Waals surface area contributed by atoms with E-state index in [2.05, 4.69) is 10.6 Å². The summed E-state index contributed by atoms with van der Waals surface area (Å²) in [6, 6.07) is 3.78. The standard InChI is InChI=1S/C13H18N2O3S/c1-13(18,9-4-5-9)8-15-12(17)11(16)14-7-10-3-2-6-19-10/h2-3,6,9,18H,4-5,7-8H2,1H3,(H,14,16)(H,15,17)/t13-/m1/s1. The predicted octanol–water partition coefficient (Wildman–Crippen LogP) is 0.641. The highest BCUT2D eigenvalue weighted by atomic mass is 32.1. The van der Waals surface area contributed by atoms with Gasteiger partial charge in [0.25, 0.3) is 0 Å². The van der Waals surface area contributed by atoms with Gasteiger partial charge in [0, 0.05) is 11.4 Å². The first-order chi connectivity index (χ1) is 8.99. The lowest BCUT2D eigenvalue weighted by atomic mass is 10.0. The molecule has 0 radical (unpaired) electrons. The van der Waals surface area contributed by atoms with E-state index in [4.69, 9.17) is 0 Å². The lowest BCUT2D eigenvalue weighted by molar-refractivity contribution is -0.139. The maximum atomic E-state index is 11.6. The van der Waals surface area contributed by atoms with Gasteiger partial charge < -0.3 is 15.7 Å². The molecule has 104 valence electrons. The minimum atomic E-state index is -0.913. The van der Waals surface area contributed by atoms with Gasteiger partial charge in [-0.15, -0.1) is 11.3 Å². The van der Waals surface area contributed by atoms with Crippen molar-refractivity contribution in [2.24, 2.45) is 5.92 Å². The minimum Gasteiger partial charge on any atom is -0.388 e. The topological polar surface area (TPSA) is 78.4 Å². The van der Waals surface area contributed by atoms with Gasteiger partial charge in [0.05, 0.1) is 12.1 Å². The molecule has 1 atom stereocenters. The number of amides is 2. The third-order valence-corrected chi connectivity index (χ3v) is 4.15. The summed E-state index contributed by atoms with van der Waals surface area (Å²) in [5.74, 6) is -1.13. The van der Waals surface area contributed by atoms with Gasteiger partial charge in [0.1, 0.15) is 0 Å². The van der Waals surface area contributed by atoms with Crippen LogP contribution in [0.3, 0.4) is 0 Å². The van der Waals surface area contributed by atoms with Gasteiger partial charge in [-0.2, -0.15) is 0 Å². The van der Waals surface area contributed by atoms with Crippen LogP contribution in [0.1, 0.15) is 24.6 Å². The van der Waals surface area contributed by atoms with Crippen molar-refractivity contribution in [2.45, 2.75) is 31.9 Å². The highest BCUT2D eigenvalue weighted by Crippen LogP contribution is 2.38. The molecule has 1 saturated carbocycles. The Morgan fingerprint density at radius 2 is 2.11 bits per heavy atom. The molecule has 2 amide bonds. The fourth-order valence-corrected chi connectivity index (χ4v) is 2.49. The van der Waals surface area contributed by atoms with Crippen molar-refractivity contribution in [3.8, 4) is 0 Å². The van der Waals surface area contributed by atoms with Crippen LogP contribution in [0.4, 0.5) is 0 Å². The molecule has 0 bridgehead atoms. The largest absolute Gasteiger partial charge is 0.388 e. The van der Waals surface area contributed by atoms with E-state index in [1.807, 2.05) is 17.5 Å². The second-order valence-corrected chi connectivity index (χ2v) is 6.11. The third-order valence-electron chi connectivity index (χ3n) is 3.27. The average molecular weight is 282 g/mol. The molecule has 3 N–H and O–H groups in total. The number of rotatable bonds is 5. The van der Waals surface area contributed by atoms with Crippen molar-refractivity contribution >= 4 is 23.2 Å². The highest BCUT2D eigenvalue weighted by molar-refractivity contribution is 7.09. The Morgan fingerprint density at radius 1 is 1.42 bits per heavy atom. The average Bonchev–Trinajstić information content (AvgIpc) is 3.12. The quantitative estimate of drug-likeness (QED) is 0.694. The first-order valence-electron chi connectivity index (χ1n) is 6.30. The van der Waals surface area contributed by atoms with Crippen molar-refractivity contribution < 1.29 is 14.7 Å². The first-order valence-corrected chi connectivity index (χ1v) is 7.18. The Bertz CT molecular complexity index is 452. The third kappa shape index (κ3) is 4.04. The second kappa shape index (κ2) is 5.71. The zero-order chi connectivity index (χ0) is 13.9. The molecule has 1 aromatic rings. The molecule has 0 spiro atoms. The van der Waals surface area contributed by atoms with Crippen LogP contribution in [0.25, 0.3) is 0 Å². The Balaban J connectivity index is 1.71. The fraction of sp³-hybridized carbons (Fsp3) is 0.538. The minimum absolute atomic E-state index is 0.114. The number of thiophene rings is 1. The van der Waals surface area contributed by atoms with E-state index in [1.165, 1.54) is 11.3 Å². The molecular weight excluding hydrogens is 264 g/mol. The summed E-state index contributed by atoms with van der Waals surface area (Å²) >= 11 is 1.52. The Kier molecular flexibility index (Phi) is 4.21. The molecule has 0 aliphatic heterocycles. The van der Waals surface area contributed by atoms with Gasteiger partial charge >= 0.3 is 11.8 Å². The van der Waals surface area contributed by atoms with E-state index < -0.39 is 17.4 Å². The van der Waals surface area contributed by atoms with Gasteiger partial charge in [0.2, 0.25) is 0 Å². The van der Waals surface area contributed by atoms with E-state index in [1.54, 1.807) is 6.92 Å². The number of carbonyl (C=O) groups is 2. The molecule has 6 heteroatoms. The van der Waals surface area contributed by atoms with Crippen molar-refractivity contribution in [1.82, 2.24) is 10.6 Å². The van der Waals surface area contributed by atoms with Crippen LogP contribution in [-0.4, -0.2) is 29.1 Å². The second-order valence-electron chi connectivity index (χ2n) is 5.08. The predicted molar refractivity (Wildman–Crippen MR) is 72.5 cm³/mol. The monoisotopic (exact) mass is 282 g/mol. The summed E-state index contributed by atoms with van der Waals surface area (Å²) in [4.78, 5) is 24.1. The van der Waals surface area contributed by atoms with Crippen LogP contribution < -0.4 is 10.6 Å². The Labute approximate surface area is 116 Å². The zero-order valence-corrected chi connectivity index (χ0v) is 11.6. The molecule has 2 rings (SSSR count). The van der Waals surface area contributed by atoms with Crippen LogP contribution in [0.2, 0.25) is 0 Å². The lowest BCUT2D eigenvalue weighted by Crippen LogP contribution is -2.47. The normalized spacial score (nSPS) is 17.6. The smallest absolute Gasteiger partial charge is 0.309 e. The van der Waals surface area contributed by atoms with Crippen LogP contribution >= 0.6 is 11.3 Å². The summed E-state index contributed by atoms with van der Waals surface area (Å²) in [5.41, 5.74) is -0.913. The van der Waals surface area contributed by atoms with Gasteiger partial charge in [-0.05, 0) is 37.1 Å². The molecule has 0 saturated heterocycles. The number of hydrogen-bond donors (Lipinski definition) is 3. The van der Waals surface area contributed by atoms with Crippen LogP contribution in [0.15, 0.2) is 17.5 Å². The molecule has 1 fully saturated rings. The zero-order valence-electron chi connectivity index (χ0n) is 10.8. The SMILES string of the molecule is C[C@@](O)(CNC(=O)C(=O)NCc1cccs1)C1CC1. The molecule has 1 aliphatic rings. The van der Waals surface area contributed by atoms with Crippen LogP contribution in [-0.2, 0) is 16.1 Å². The van der Waals surface area contributed by atoms with Crippen LogP contribution in [0.5, 0.6) is 0 Å². The summed E-state index contributed by atoms with van der Waals surface area (Å²) in [6.45, 7) is 2.15. The van der Waals surface area contributed by atoms with Crippen LogP contribution in [0, 0.1) is 5.92 Å². The van der Waals surface area contributed by atoms with Gasteiger partial charge in [-0.25, -0.2) is 0 Å². The fourth-order valence-electron chi connectivity index (χ4n) is 1.85. The molecular formula is C13H18N2O3S. The van der Waals surface area contributed by atoms with E-state index in [0.29, 0.717) is 6.54 Å². The molecule has 19 heavy (non-hydrogen) atoms. The molecule has 1 aliphatic carbocycles. The Morgan fingerprint density at radius 3 is 2.68 bits per heavy atom. The van der Waals surface area contributed by atoms with Crippen molar-refractivity contribution in [3.05, 3.63) is 22.4 Å². The van der Waals surface area contributed by atoms with E-state index >= 15 is 0 Å². The maximum absolute atomic E-state index is 11.6. The van der Waals surface area contributed by atoms with Crippen molar-refractivity contribution in [2.75, 3.05) is 6.54 Å². The van der Waals surface area contributed by atoms with Gasteiger partial charge in [-0.3, -0.25) is 9.59 Å².